The predicted octanol–water partition coefficient (Wildman–Crippen LogP) is 1.80. The van der Waals surface area contributed by atoms with Crippen molar-refractivity contribution < 1.29 is 9.53 Å². The van der Waals surface area contributed by atoms with Gasteiger partial charge in [0.15, 0.2) is 0 Å². The van der Waals surface area contributed by atoms with Crippen LogP contribution in [0.3, 0.4) is 0 Å². The van der Waals surface area contributed by atoms with Gasteiger partial charge in [-0.05, 0) is 17.7 Å². The van der Waals surface area contributed by atoms with Gasteiger partial charge in [0.05, 0.1) is 19.3 Å². The van der Waals surface area contributed by atoms with Gasteiger partial charge >= 0.3 is 0 Å². The molecule has 3 heterocycles. The van der Waals surface area contributed by atoms with E-state index in [-0.39, 0.29) is 17.9 Å². The van der Waals surface area contributed by atoms with Crippen LogP contribution in [0.2, 0.25) is 0 Å². The molecule has 1 saturated heterocycles. The minimum Gasteiger partial charge on any atom is -0.379 e. The highest BCUT2D eigenvalue weighted by atomic mass is 16.5. The quantitative estimate of drug-likeness (QED) is 0.851. The number of carbonyl (C=O) groups is 1. The molecule has 0 radical (unpaired) electrons. The van der Waals surface area contributed by atoms with Crippen molar-refractivity contribution in [1.82, 2.24) is 25.2 Å². The van der Waals surface area contributed by atoms with Crippen LogP contribution in [0.15, 0.2) is 36.8 Å². The van der Waals surface area contributed by atoms with Gasteiger partial charge in [0.2, 0.25) is 0 Å². The Labute approximate surface area is 153 Å². The zero-order valence-corrected chi connectivity index (χ0v) is 15.3. The number of nitrogens with zero attached hydrogens (tertiary/aromatic N) is 4. The largest absolute Gasteiger partial charge is 0.379 e. The summed E-state index contributed by atoms with van der Waals surface area (Å²) in [5.74, 6) is 0.672. The second-order valence-electron chi connectivity index (χ2n) is 6.62. The second kappa shape index (κ2) is 8.82. The normalized spacial score (nSPS) is 16.4. The van der Waals surface area contributed by atoms with Crippen molar-refractivity contribution in [2.24, 2.45) is 0 Å². The average molecular weight is 355 g/mol. The van der Waals surface area contributed by atoms with Gasteiger partial charge in [-0.2, -0.15) is 0 Å². The molecule has 1 atom stereocenters. The Balaban J connectivity index is 1.71. The SMILES string of the molecule is CC(C)c1nccc(C(=O)NCC(c2cccnc2)N2CCOCC2)n1. The summed E-state index contributed by atoms with van der Waals surface area (Å²) < 4.78 is 5.45. The highest BCUT2D eigenvalue weighted by molar-refractivity contribution is 5.92. The molecule has 0 spiro atoms. The summed E-state index contributed by atoms with van der Waals surface area (Å²) in [6.45, 7) is 7.58. The lowest BCUT2D eigenvalue weighted by Crippen LogP contribution is -2.44. The molecule has 7 nitrogen and oxygen atoms in total. The molecule has 1 amide bonds. The van der Waals surface area contributed by atoms with E-state index in [1.807, 2.05) is 32.2 Å². The highest BCUT2D eigenvalue weighted by Crippen LogP contribution is 2.20. The van der Waals surface area contributed by atoms with Crippen molar-refractivity contribution in [3.63, 3.8) is 0 Å². The third-order valence-corrected chi connectivity index (χ3v) is 4.43. The van der Waals surface area contributed by atoms with Crippen LogP contribution in [0, 0.1) is 0 Å². The van der Waals surface area contributed by atoms with Crippen LogP contribution in [0.4, 0.5) is 0 Å². The van der Waals surface area contributed by atoms with Gasteiger partial charge in [-0.3, -0.25) is 14.7 Å². The molecule has 1 aliphatic heterocycles. The van der Waals surface area contributed by atoms with Crippen molar-refractivity contribution in [1.29, 1.82) is 0 Å². The molecule has 138 valence electrons. The van der Waals surface area contributed by atoms with Gasteiger partial charge in [-0.25, -0.2) is 9.97 Å². The number of aromatic nitrogens is 3. The first kappa shape index (κ1) is 18.4. The van der Waals surface area contributed by atoms with Crippen molar-refractivity contribution in [2.75, 3.05) is 32.8 Å². The lowest BCUT2D eigenvalue weighted by Gasteiger charge is -2.34. The summed E-state index contributed by atoms with van der Waals surface area (Å²) in [5.41, 5.74) is 1.48. The van der Waals surface area contributed by atoms with Crippen LogP contribution in [-0.4, -0.2) is 58.6 Å². The standard InChI is InChI=1S/C19H25N5O2/c1-14(2)18-21-7-5-16(23-18)19(25)22-13-17(15-4-3-6-20-12-15)24-8-10-26-11-9-24/h3-7,12,14,17H,8-11,13H2,1-2H3,(H,22,25). The van der Waals surface area contributed by atoms with E-state index in [0.29, 0.717) is 31.3 Å². The van der Waals surface area contributed by atoms with Crippen molar-refractivity contribution in [3.8, 4) is 0 Å². The number of hydrogen-bond donors (Lipinski definition) is 1. The van der Waals surface area contributed by atoms with Gasteiger partial charge in [-0.1, -0.05) is 19.9 Å². The van der Waals surface area contributed by atoms with Gasteiger partial charge in [0, 0.05) is 44.1 Å². The zero-order chi connectivity index (χ0) is 18.4. The molecule has 1 aliphatic rings. The first-order valence-corrected chi connectivity index (χ1v) is 8.98. The van der Waals surface area contributed by atoms with Crippen molar-refractivity contribution in [3.05, 3.63) is 53.9 Å². The number of carbonyl (C=O) groups excluding carboxylic acids is 1. The molecule has 1 unspecified atom stereocenters. The molecule has 7 heteroatoms. The molecule has 26 heavy (non-hydrogen) atoms. The fraction of sp³-hybridized carbons (Fsp3) is 0.474. The first-order valence-electron chi connectivity index (χ1n) is 8.98. The van der Waals surface area contributed by atoms with Crippen LogP contribution in [0.5, 0.6) is 0 Å². The molecular weight excluding hydrogens is 330 g/mol. The van der Waals surface area contributed by atoms with Crippen LogP contribution < -0.4 is 5.32 Å². The molecule has 0 aromatic carbocycles. The van der Waals surface area contributed by atoms with E-state index in [9.17, 15) is 4.79 Å². The van der Waals surface area contributed by atoms with E-state index < -0.39 is 0 Å². The zero-order valence-electron chi connectivity index (χ0n) is 15.3. The minimum atomic E-state index is -0.184. The number of nitrogens with one attached hydrogen (secondary N) is 1. The maximum Gasteiger partial charge on any atom is 0.270 e. The van der Waals surface area contributed by atoms with E-state index in [2.05, 4.69) is 25.2 Å². The molecule has 0 saturated carbocycles. The average Bonchev–Trinajstić information content (AvgIpc) is 2.69. The topological polar surface area (TPSA) is 80.2 Å². The fourth-order valence-corrected chi connectivity index (χ4v) is 2.98. The summed E-state index contributed by atoms with van der Waals surface area (Å²) in [6.07, 6.45) is 5.25. The molecule has 0 bridgehead atoms. The number of rotatable bonds is 6. The van der Waals surface area contributed by atoms with Gasteiger partial charge in [0.1, 0.15) is 11.5 Å². The first-order chi connectivity index (χ1) is 12.6. The summed E-state index contributed by atoms with van der Waals surface area (Å²) in [4.78, 5) is 27.7. The molecule has 3 rings (SSSR count). The molecule has 1 N–H and O–H groups in total. The lowest BCUT2D eigenvalue weighted by atomic mass is 10.1. The Morgan fingerprint density at radius 2 is 2.08 bits per heavy atom. The predicted molar refractivity (Wildman–Crippen MR) is 97.8 cm³/mol. The van der Waals surface area contributed by atoms with Gasteiger partial charge in [-0.15, -0.1) is 0 Å². The summed E-state index contributed by atoms with van der Waals surface area (Å²) in [5, 5.41) is 3.02. The molecule has 2 aromatic rings. The summed E-state index contributed by atoms with van der Waals surface area (Å²) >= 11 is 0. The Morgan fingerprint density at radius 3 is 2.77 bits per heavy atom. The number of pyridine rings is 1. The Bertz CT molecular complexity index is 717. The Morgan fingerprint density at radius 1 is 1.27 bits per heavy atom. The number of ether oxygens (including phenoxy) is 1. The van der Waals surface area contributed by atoms with E-state index in [4.69, 9.17) is 4.74 Å². The Hall–Kier alpha value is -2.38. The van der Waals surface area contributed by atoms with Crippen LogP contribution in [0.1, 0.15) is 47.7 Å². The molecule has 1 fully saturated rings. The van der Waals surface area contributed by atoms with E-state index in [1.165, 1.54) is 0 Å². The van der Waals surface area contributed by atoms with Crippen molar-refractivity contribution in [2.45, 2.75) is 25.8 Å². The van der Waals surface area contributed by atoms with Gasteiger partial charge in [0.25, 0.3) is 5.91 Å². The fourth-order valence-electron chi connectivity index (χ4n) is 2.98. The van der Waals surface area contributed by atoms with Gasteiger partial charge < -0.3 is 10.1 Å². The third-order valence-electron chi connectivity index (χ3n) is 4.43. The monoisotopic (exact) mass is 355 g/mol. The second-order valence-corrected chi connectivity index (χ2v) is 6.62. The summed E-state index contributed by atoms with van der Waals surface area (Å²) in [7, 11) is 0. The highest BCUT2D eigenvalue weighted by Gasteiger charge is 2.23. The summed E-state index contributed by atoms with van der Waals surface area (Å²) in [6, 6.07) is 5.67. The maximum absolute atomic E-state index is 12.6. The smallest absolute Gasteiger partial charge is 0.270 e. The minimum absolute atomic E-state index is 0.0583. The lowest BCUT2D eigenvalue weighted by molar-refractivity contribution is 0.0161. The van der Waals surface area contributed by atoms with Crippen LogP contribution in [0.25, 0.3) is 0 Å². The third kappa shape index (κ3) is 4.62. The van der Waals surface area contributed by atoms with E-state index in [0.717, 1.165) is 18.7 Å². The van der Waals surface area contributed by atoms with Crippen LogP contribution >= 0.6 is 0 Å². The number of hydrogen-bond acceptors (Lipinski definition) is 6. The van der Waals surface area contributed by atoms with E-state index >= 15 is 0 Å². The molecule has 0 aliphatic carbocycles. The van der Waals surface area contributed by atoms with Crippen LogP contribution in [-0.2, 0) is 4.74 Å². The Kier molecular flexibility index (Phi) is 6.25. The van der Waals surface area contributed by atoms with Crippen molar-refractivity contribution >= 4 is 5.91 Å². The molecule has 2 aromatic heterocycles. The molecular formula is C19H25N5O2. The number of morpholine rings is 1. The number of amides is 1. The van der Waals surface area contributed by atoms with E-state index in [1.54, 1.807) is 18.5 Å². The maximum atomic E-state index is 12.6.